The first kappa shape index (κ1) is 22.9. The van der Waals surface area contributed by atoms with Crippen molar-refractivity contribution >= 4 is 28.7 Å². The summed E-state index contributed by atoms with van der Waals surface area (Å²) < 4.78 is 45.6. The zero-order valence-corrected chi connectivity index (χ0v) is 18.0. The first-order valence-corrected chi connectivity index (χ1v) is 10.6. The van der Waals surface area contributed by atoms with Crippen molar-refractivity contribution in [2.24, 2.45) is 0 Å². The molecule has 170 valence electrons. The summed E-state index contributed by atoms with van der Waals surface area (Å²) in [4.78, 5) is 14.8. The van der Waals surface area contributed by atoms with Gasteiger partial charge in [-0.2, -0.15) is 13.2 Å². The molecule has 0 saturated heterocycles. The normalized spacial score (nSPS) is 13.9. The van der Waals surface area contributed by atoms with Crippen molar-refractivity contribution in [2.75, 3.05) is 0 Å². The lowest BCUT2D eigenvalue weighted by Crippen LogP contribution is -2.27. The first-order valence-electron chi connectivity index (χ1n) is 10.2. The molecule has 1 aliphatic rings. The number of carboxylic acids is 1. The molecule has 4 nitrogen and oxygen atoms in total. The Balaban J connectivity index is 1.76. The third kappa shape index (κ3) is 5.03. The summed E-state index contributed by atoms with van der Waals surface area (Å²) in [5, 5.41) is 11.9. The Kier molecular flexibility index (Phi) is 6.42. The first-order chi connectivity index (χ1) is 15.7. The van der Waals surface area contributed by atoms with Gasteiger partial charge >= 0.3 is 6.18 Å². The fourth-order valence-electron chi connectivity index (χ4n) is 3.97. The molecular weight excluding hydrogens is 455 g/mol. The highest BCUT2D eigenvalue weighted by Crippen LogP contribution is 2.44. The smallest absolute Gasteiger partial charge is 0.433 e. The van der Waals surface area contributed by atoms with E-state index in [0.29, 0.717) is 41.4 Å². The zero-order valence-electron chi connectivity index (χ0n) is 17.3. The van der Waals surface area contributed by atoms with Gasteiger partial charge in [0.15, 0.2) is 5.69 Å². The number of benzene rings is 2. The standard InChI is InChI=1S/C25H19ClF3NO3/c26-17-9-10-22(33-14-15-5-2-1-3-6-15)20(12-17)19-8-4-7-18(19)16-11-21(24(31)32)23(30-13-16)25(27,28)29/h1-3,5-6,9-13H,4,7-8,14H2,(H,31,32)/p-1. The van der Waals surface area contributed by atoms with Crippen LogP contribution in [0.4, 0.5) is 13.2 Å². The van der Waals surface area contributed by atoms with Gasteiger partial charge in [0.1, 0.15) is 12.4 Å². The van der Waals surface area contributed by atoms with E-state index in [4.69, 9.17) is 16.3 Å². The quantitative estimate of drug-likeness (QED) is 0.455. The lowest BCUT2D eigenvalue weighted by molar-refractivity contribution is -0.255. The number of hydrogen-bond donors (Lipinski definition) is 0. The molecular formula is C25H18ClF3NO3-. The van der Waals surface area contributed by atoms with Crippen LogP contribution in [0, 0.1) is 0 Å². The van der Waals surface area contributed by atoms with Crippen LogP contribution in [0.15, 0.2) is 60.8 Å². The Hall–Kier alpha value is -3.32. The van der Waals surface area contributed by atoms with Crippen LogP contribution in [0.2, 0.25) is 5.02 Å². The molecule has 1 aliphatic carbocycles. The van der Waals surface area contributed by atoms with Crippen LogP contribution in [0.5, 0.6) is 5.75 Å². The number of pyridine rings is 1. The van der Waals surface area contributed by atoms with E-state index in [9.17, 15) is 23.1 Å². The van der Waals surface area contributed by atoms with Gasteiger partial charge < -0.3 is 14.6 Å². The molecule has 0 radical (unpaired) electrons. The van der Waals surface area contributed by atoms with E-state index in [1.165, 1.54) is 0 Å². The Labute approximate surface area is 193 Å². The topological polar surface area (TPSA) is 62.2 Å². The van der Waals surface area contributed by atoms with Gasteiger partial charge in [0.05, 0.1) is 5.97 Å². The number of allylic oxidation sites excluding steroid dienone is 2. The molecule has 0 amide bonds. The molecule has 2 aromatic carbocycles. The average Bonchev–Trinajstić information content (AvgIpc) is 3.27. The Morgan fingerprint density at radius 1 is 1.06 bits per heavy atom. The van der Waals surface area contributed by atoms with E-state index in [-0.39, 0.29) is 0 Å². The second-order valence-corrected chi connectivity index (χ2v) is 8.07. The number of nitrogens with zero attached hydrogens (tertiary/aromatic N) is 1. The zero-order chi connectivity index (χ0) is 23.6. The van der Waals surface area contributed by atoms with Crippen molar-refractivity contribution in [2.45, 2.75) is 32.0 Å². The molecule has 0 atom stereocenters. The third-order valence-electron chi connectivity index (χ3n) is 5.45. The van der Waals surface area contributed by atoms with Gasteiger partial charge in [-0.25, -0.2) is 0 Å². The number of aromatic nitrogens is 1. The third-order valence-corrected chi connectivity index (χ3v) is 5.68. The van der Waals surface area contributed by atoms with Crippen molar-refractivity contribution in [3.63, 3.8) is 0 Å². The minimum absolute atomic E-state index is 0.309. The molecule has 0 saturated carbocycles. The number of rotatable bonds is 6. The Morgan fingerprint density at radius 2 is 1.79 bits per heavy atom. The number of hydrogen-bond acceptors (Lipinski definition) is 4. The van der Waals surface area contributed by atoms with Crippen molar-refractivity contribution < 1.29 is 27.8 Å². The van der Waals surface area contributed by atoms with Crippen molar-refractivity contribution in [3.05, 3.63) is 93.8 Å². The summed E-state index contributed by atoms with van der Waals surface area (Å²) in [5.74, 6) is -1.34. The van der Waals surface area contributed by atoms with Gasteiger partial charge in [-0.1, -0.05) is 41.9 Å². The lowest BCUT2D eigenvalue weighted by atomic mass is 9.96. The molecule has 0 fully saturated rings. The molecule has 0 spiro atoms. The number of carbonyl (C=O) groups is 1. The highest BCUT2D eigenvalue weighted by Gasteiger charge is 2.36. The molecule has 1 aromatic heterocycles. The number of halogens is 4. The van der Waals surface area contributed by atoms with E-state index < -0.39 is 23.4 Å². The SMILES string of the molecule is O=C([O-])c1cc(C2=C(c3cc(Cl)ccc3OCc3ccccc3)CCC2)cnc1C(F)(F)F. The number of carbonyl (C=O) groups excluding carboxylic acids is 1. The number of carboxylic acid groups (broad SMARTS) is 1. The molecule has 1 heterocycles. The van der Waals surface area contributed by atoms with Gasteiger partial charge in [0.25, 0.3) is 0 Å². The highest BCUT2D eigenvalue weighted by molar-refractivity contribution is 6.30. The summed E-state index contributed by atoms with van der Waals surface area (Å²) >= 11 is 6.24. The van der Waals surface area contributed by atoms with Crippen molar-refractivity contribution in [1.29, 1.82) is 0 Å². The lowest BCUT2D eigenvalue weighted by Gasteiger charge is -2.17. The number of aromatic carboxylic acids is 1. The Morgan fingerprint density at radius 3 is 2.48 bits per heavy atom. The molecule has 0 unspecified atom stereocenters. The van der Waals surface area contributed by atoms with Crippen LogP contribution in [0.3, 0.4) is 0 Å². The number of alkyl halides is 3. The van der Waals surface area contributed by atoms with Gasteiger partial charge in [-0.3, -0.25) is 4.98 Å². The maximum atomic E-state index is 13.2. The molecule has 3 aromatic rings. The van der Waals surface area contributed by atoms with Crippen LogP contribution in [0.25, 0.3) is 11.1 Å². The molecule has 33 heavy (non-hydrogen) atoms. The van der Waals surface area contributed by atoms with E-state index in [1.54, 1.807) is 18.2 Å². The van der Waals surface area contributed by atoms with E-state index in [1.807, 2.05) is 30.3 Å². The summed E-state index contributed by atoms with van der Waals surface area (Å²) in [6, 6.07) is 15.8. The van der Waals surface area contributed by atoms with Crippen LogP contribution in [0.1, 0.15) is 52.0 Å². The maximum Gasteiger partial charge on any atom is 0.433 e. The molecule has 8 heteroatoms. The monoisotopic (exact) mass is 472 g/mol. The van der Waals surface area contributed by atoms with Gasteiger partial charge in [-0.15, -0.1) is 0 Å². The van der Waals surface area contributed by atoms with Crippen molar-refractivity contribution in [1.82, 2.24) is 4.98 Å². The second-order valence-electron chi connectivity index (χ2n) is 7.63. The maximum absolute atomic E-state index is 13.2. The van der Waals surface area contributed by atoms with Gasteiger partial charge in [0, 0.05) is 22.3 Å². The average molecular weight is 473 g/mol. The van der Waals surface area contributed by atoms with Crippen LogP contribution >= 0.6 is 11.6 Å². The molecule has 0 N–H and O–H groups in total. The minimum Gasteiger partial charge on any atom is -0.545 e. The van der Waals surface area contributed by atoms with E-state index in [0.717, 1.165) is 35.4 Å². The Bertz CT molecular complexity index is 1220. The van der Waals surface area contributed by atoms with Gasteiger partial charge in [-0.05, 0) is 65.8 Å². The van der Waals surface area contributed by atoms with Crippen molar-refractivity contribution in [3.8, 4) is 5.75 Å². The summed E-state index contributed by atoms with van der Waals surface area (Å²) in [7, 11) is 0. The summed E-state index contributed by atoms with van der Waals surface area (Å²) in [5.41, 5.74) is 1.11. The minimum atomic E-state index is -4.90. The predicted octanol–water partition coefficient (Wildman–Crippen LogP) is 5.79. The molecule has 0 aliphatic heterocycles. The predicted molar refractivity (Wildman–Crippen MR) is 116 cm³/mol. The fourth-order valence-corrected chi connectivity index (χ4v) is 4.14. The number of ether oxygens (including phenoxy) is 1. The molecule has 0 bridgehead atoms. The largest absolute Gasteiger partial charge is 0.545 e. The summed E-state index contributed by atoms with van der Waals surface area (Å²) in [6.45, 7) is 0.328. The second kappa shape index (κ2) is 9.27. The summed E-state index contributed by atoms with van der Waals surface area (Å²) in [6.07, 6.45) is -1.90. The van der Waals surface area contributed by atoms with Gasteiger partial charge in [0.2, 0.25) is 0 Å². The van der Waals surface area contributed by atoms with Crippen LogP contribution < -0.4 is 9.84 Å². The van der Waals surface area contributed by atoms with Crippen LogP contribution in [-0.4, -0.2) is 11.0 Å². The van der Waals surface area contributed by atoms with Crippen LogP contribution in [-0.2, 0) is 12.8 Å². The fraction of sp³-hybridized carbons (Fsp3) is 0.200. The van der Waals surface area contributed by atoms with E-state index >= 15 is 0 Å². The molecule has 4 rings (SSSR count). The van der Waals surface area contributed by atoms with E-state index in [2.05, 4.69) is 4.98 Å². The highest BCUT2D eigenvalue weighted by atomic mass is 35.5.